The fourth-order valence-electron chi connectivity index (χ4n) is 1.89. The highest BCUT2D eigenvalue weighted by atomic mass is 16.5. The summed E-state index contributed by atoms with van der Waals surface area (Å²) in [7, 11) is 0. The number of carbonyl (C=O) groups excluding carboxylic acids is 3. The molecule has 0 unspecified atom stereocenters. The van der Waals surface area contributed by atoms with Crippen LogP contribution in [0, 0.1) is 0 Å². The monoisotopic (exact) mass is 337 g/mol. The number of rotatable bonds is 9. The summed E-state index contributed by atoms with van der Waals surface area (Å²) in [4.78, 5) is 34.2. The third-order valence-electron chi connectivity index (χ3n) is 3.20. The first-order valence-electron chi connectivity index (χ1n) is 7.63. The predicted molar refractivity (Wildman–Crippen MR) is 86.7 cm³/mol. The Morgan fingerprint density at radius 3 is 2.50 bits per heavy atom. The Kier molecular flexibility index (Phi) is 8.28. The quantitative estimate of drug-likeness (QED) is 0.505. The molecule has 8 heteroatoms. The molecule has 0 bridgehead atoms. The molecule has 0 saturated carbocycles. The molecule has 0 aliphatic carbocycles. The summed E-state index contributed by atoms with van der Waals surface area (Å²) in [6.45, 7) is 1.67. The number of nitrogens with two attached hydrogens (primary N) is 1. The van der Waals surface area contributed by atoms with Gasteiger partial charge in [0.05, 0.1) is 12.5 Å². The molecule has 3 amide bonds. The summed E-state index contributed by atoms with van der Waals surface area (Å²) in [6.07, 6.45) is -1.69. The zero-order valence-electron chi connectivity index (χ0n) is 13.5. The number of primary amides is 1. The molecule has 5 N–H and O–H groups in total. The average molecular weight is 337 g/mol. The number of nitrogens with one attached hydrogen (secondary N) is 2. The number of ether oxygens (including phenoxy) is 1. The third kappa shape index (κ3) is 7.59. The summed E-state index contributed by atoms with van der Waals surface area (Å²) in [6, 6.07) is 8.37. The molecule has 0 saturated heterocycles. The van der Waals surface area contributed by atoms with Gasteiger partial charge in [-0.2, -0.15) is 0 Å². The SMILES string of the molecule is CC[C@H](NC(=O)C[C@H](O)CNC(=O)OCc1ccccc1)C(N)=O. The van der Waals surface area contributed by atoms with Gasteiger partial charge in [0.1, 0.15) is 12.6 Å². The maximum absolute atomic E-state index is 11.7. The van der Waals surface area contributed by atoms with Gasteiger partial charge in [0.15, 0.2) is 0 Å². The second-order valence-electron chi connectivity index (χ2n) is 5.23. The van der Waals surface area contributed by atoms with E-state index in [-0.39, 0.29) is 19.6 Å². The normalized spacial score (nSPS) is 12.8. The molecule has 8 nitrogen and oxygen atoms in total. The van der Waals surface area contributed by atoms with Crippen molar-refractivity contribution in [3.63, 3.8) is 0 Å². The van der Waals surface area contributed by atoms with E-state index in [0.29, 0.717) is 6.42 Å². The molecule has 0 fully saturated rings. The van der Waals surface area contributed by atoms with E-state index in [9.17, 15) is 19.5 Å². The Hall–Kier alpha value is -2.61. The van der Waals surface area contributed by atoms with Crippen LogP contribution in [0.15, 0.2) is 30.3 Å². The van der Waals surface area contributed by atoms with Crippen molar-refractivity contribution in [2.24, 2.45) is 5.73 Å². The van der Waals surface area contributed by atoms with E-state index >= 15 is 0 Å². The van der Waals surface area contributed by atoms with E-state index in [1.165, 1.54) is 0 Å². The number of benzene rings is 1. The number of carbonyl (C=O) groups is 3. The van der Waals surface area contributed by atoms with Gasteiger partial charge in [0.2, 0.25) is 11.8 Å². The van der Waals surface area contributed by atoms with Crippen LogP contribution >= 0.6 is 0 Å². The Balaban J connectivity index is 2.24. The van der Waals surface area contributed by atoms with Crippen LogP contribution in [-0.4, -0.2) is 41.7 Å². The van der Waals surface area contributed by atoms with E-state index < -0.39 is 30.1 Å². The average Bonchev–Trinajstić information content (AvgIpc) is 2.56. The van der Waals surface area contributed by atoms with Crippen LogP contribution < -0.4 is 16.4 Å². The lowest BCUT2D eigenvalue weighted by Gasteiger charge is -2.15. The van der Waals surface area contributed by atoms with Crippen molar-refractivity contribution < 1.29 is 24.2 Å². The number of hydrogen-bond donors (Lipinski definition) is 4. The minimum atomic E-state index is -1.10. The molecule has 0 aromatic heterocycles. The largest absolute Gasteiger partial charge is 0.445 e. The van der Waals surface area contributed by atoms with Gasteiger partial charge < -0.3 is 26.2 Å². The van der Waals surface area contributed by atoms with Gasteiger partial charge >= 0.3 is 6.09 Å². The molecule has 132 valence electrons. The van der Waals surface area contributed by atoms with Crippen LogP contribution in [0.2, 0.25) is 0 Å². The summed E-state index contributed by atoms with van der Waals surface area (Å²) in [5, 5.41) is 14.5. The van der Waals surface area contributed by atoms with Crippen LogP contribution in [0.3, 0.4) is 0 Å². The van der Waals surface area contributed by atoms with Crippen molar-refractivity contribution in [1.29, 1.82) is 0 Å². The first-order valence-corrected chi connectivity index (χ1v) is 7.63. The van der Waals surface area contributed by atoms with Crippen LogP contribution in [0.5, 0.6) is 0 Å². The van der Waals surface area contributed by atoms with Crippen molar-refractivity contribution in [2.45, 2.75) is 38.5 Å². The van der Waals surface area contributed by atoms with Crippen LogP contribution in [0.1, 0.15) is 25.3 Å². The van der Waals surface area contributed by atoms with Gasteiger partial charge in [0, 0.05) is 6.54 Å². The van der Waals surface area contributed by atoms with Gasteiger partial charge in [-0.1, -0.05) is 37.3 Å². The smallest absolute Gasteiger partial charge is 0.407 e. The van der Waals surface area contributed by atoms with Crippen molar-refractivity contribution in [3.05, 3.63) is 35.9 Å². The Labute approximate surface area is 140 Å². The topological polar surface area (TPSA) is 131 Å². The Morgan fingerprint density at radius 2 is 1.92 bits per heavy atom. The second kappa shape index (κ2) is 10.2. The highest BCUT2D eigenvalue weighted by Gasteiger charge is 2.18. The molecule has 0 heterocycles. The molecule has 1 rings (SSSR count). The summed E-state index contributed by atoms with van der Waals surface area (Å²) >= 11 is 0. The molecule has 24 heavy (non-hydrogen) atoms. The number of amides is 3. The van der Waals surface area contributed by atoms with Crippen molar-refractivity contribution >= 4 is 17.9 Å². The van der Waals surface area contributed by atoms with Gasteiger partial charge in [-0.05, 0) is 12.0 Å². The number of aliphatic hydroxyl groups excluding tert-OH is 1. The van der Waals surface area contributed by atoms with Gasteiger partial charge in [0.25, 0.3) is 0 Å². The third-order valence-corrected chi connectivity index (χ3v) is 3.20. The van der Waals surface area contributed by atoms with Gasteiger partial charge in [-0.25, -0.2) is 4.79 Å². The summed E-state index contributed by atoms with van der Waals surface area (Å²) in [5.74, 6) is -1.16. The van der Waals surface area contributed by atoms with E-state index in [0.717, 1.165) is 5.56 Å². The van der Waals surface area contributed by atoms with Gasteiger partial charge in [-0.3, -0.25) is 9.59 Å². The lowest BCUT2D eigenvalue weighted by molar-refractivity contribution is -0.128. The summed E-state index contributed by atoms with van der Waals surface area (Å²) in [5.41, 5.74) is 5.95. The van der Waals surface area contributed by atoms with Crippen LogP contribution in [0.4, 0.5) is 4.79 Å². The van der Waals surface area contributed by atoms with Crippen LogP contribution in [0.25, 0.3) is 0 Å². The van der Waals surface area contributed by atoms with Crippen molar-refractivity contribution in [1.82, 2.24) is 10.6 Å². The lowest BCUT2D eigenvalue weighted by Crippen LogP contribution is -2.45. The molecule has 0 aliphatic rings. The molecule has 0 aliphatic heterocycles. The van der Waals surface area contributed by atoms with E-state index in [4.69, 9.17) is 10.5 Å². The maximum atomic E-state index is 11.7. The molecule has 0 radical (unpaired) electrons. The summed E-state index contributed by atoms with van der Waals surface area (Å²) < 4.78 is 4.97. The molecule has 0 spiro atoms. The molecular formula is C16H23N3O5. The minimum absolute atomic E-state index is 0.111. The first-order chi connectivity index (χ1) is 11.4. The first kappa shape index (κ1) is 19.4. The molecule has 1 aromatic rings. The Morgan fingerprint density at radius 1 is 1.25 bits per heavy atom. The van der Waals surface area contributed by atoms with Gasteiger partial charge in [-0.15, -0.1) is 0 Å². The molecule has 2 atom stereocenters. The Bertz CT molecular complexity index is 550. The molecule has 1 aromatic carbocycles. The van der Waals surface area contributed by atoms with E-state index in [1.54, 1.807) is 6.92 Å². The predicted octanol–water partition coefficient (Wildman–Crippen LogP) is 0.0439. The highest BCUT2D eigenvalue weighted by Crippen LogP contribution is 2.00. The van der Waals surface area contributed by atoms with E-state index in [2.05, 4.69) is 10.6 Å². The lowest BCUT2D eigenvalue weighted by atomic mass is 10.2. The minimum Gasteiger partial charge on any atom is -0.445 e. The number of alkyl carbamates (subject to hydrolysis) is 1. The fourth-order valence-corrected chi connectivity index (χ4v) is 1.89. The maximum Gasteiger partial charge on any atom is 0.407 e. The van der Waals surface area contributed by atoms with E-state index in [1.807, 2.05) is 30.3 Å². The second-order valence-corrected chi connectivity index (χ2v) is 5.23. The standard InChI is InChI=1S/C16H23N3O5/c1-2-13(15(17)22)19-14(21)8-12(20)9-18-16(23)24-10-11-6-4-3-5-7-11/h3-7,12-13,20H,2,8-10H2,1H3,(H2,17,22)(H,18,23)(H,19,21)/t12-,13-/m0/s1. The molecular weight excluding hydrogens is 314 g/mol. The van der Waals surface area contributed by atoms with Crippen molar-refractivity contribution in [2.75, 3.05) is 6.54 Å². The zero-order valence-corrected chi connectivity index (χ0v) is 13.5. The highest BCUT2D eigenvalue weighted by molar-refractivity contribution is 5.86. The fraction of sp³-hybridized carbons (Fsp3) is 0.438. The van der Waals surface area contributed by atoms with Crippen LogP contribution in [-0.2, 0) is 20.9 Å². The number of hydrogen-bond acceptors (Lipinski definition) is 5. The zero-order chi connectivity index (χ0) is 17.9. The number of aliphatic hydroxyl groups is 1. The van der Waals surface area contributed by atoms with Crippen molar-refractivity contribution in [3.8, 4) is 0 Å².